The third kappa shape index (κ3) is 5.46. The van der Waals surface area contributed by atoms with Crippen LogP contribution < -0.4 is 4.74 Å². The summed E-state index contributed by atoms with van der Waals surface area (Å²) >= 11 is 4.42. The van der Waals surface area contributed by atoms with Gasteiger partial charge in [0.2, 0.25) is 0 Å². The lowest BCUT2D eigenvalue weighted by molar-refractivity contribution is -0.137. The van der Waals surface area contributed by atoms with Crippen LogP contribution in [0.2, 0.25) is 0 Å². The molecule has 0 amide bonds. The highest BCUT2D eigenvalue weighted by atomic mass is 32.1. The second kappa shape index (κ2) is 7.97. The van der Waals surface area contributed by atoms with Crippen molar-refractivity contribution in [2.24, 2.45) is 5.41 Å². The van der Waals surface area contributed by atoms with Crippen molar-refractivity contribution in [2.75, 3.05) is 12.4 Å². The Morgan fingerprint density at radius 2 is 1.71 bits per heavy atom. The molecular formula is C16H23F3OS. The minimum Gasteiger partial charge on any atom is -0.493 e. The Kier molecular flexibility index (Phi) is 6.91. The van der Waals surface area contributed by atoms with Crippen molar-refractivity contribution in [1.29, 1.82) is 0 Å². The summed E-state index contributed by atoms with van der Waals surface area (Å²) in [6, 6.07) is 5.05. The van der Waals surface area contributed by atoms with E-state index in [1.54, 1.807) is 6.07 Å². The quantitative estimate of drug-likeness (QED) is 0.613. The van der Waals surface area contributed by atoms with Crippen LogP contribution in [0.4, 0.5) is 13.2 Å². The Morgan fingerprint density at radius 3 is 2.19 bits per heavy atom. The number of alkyl halides is 3. The predicted octanol–water partition coefficient (Wildman–Crippen LogP) is 5.60. The fourth-order valence-electron chi connectivity index (χ4n) is 2.53. The molecular weight excluding hydrogens is 297 g/mol. The van der Waals surface area contributed by atoms with Crippen LogP contribution >= 0.6 is 12.6 Å². The topological polar surface area (TPSA) is 9.23 Å². The first-order chi connectivity index (χ1) is 9.87. The van der Waals surface area contributed by atoms with E-state index in [-0.39, 0.29) is 11.2 Å². The Bertz CT molecular complexity index is 426. The van der Waals surface area contributed by atoms with E-state index in [1.165, 1.54) is 6.07 Å². The van der Waals surface area contributed by atoms with E-state index < -0.39 is 11.7 Å². The highest BCUT2D eigenvalue weighted by Crippen LogP contribution is 2.34. The Balaban J connectivity index is 2.80. The van der Waals surface area contributed by atoms with Gasteiger partial charge in [-0.3, -0.25) is 0 Å². The molecule has 1 aromatic rings. The summed E-state index contributed by atoms with van der Waals surface area (Å²) in [6.07, 6.45) is -0.404. The van der Waals surface area contributed by atoms with Gasteiger partial charge in [0, 0.05) is 5.41 Å². The molecule has 0 heterocycles. The number of halogens is 3. The molecule has 0 spiro atoms. The second-order valence-electron chi connectivity index (χ2n) is 5.47. The molecule has 21 heavy (non-hydrogen) atoms. The number of benzene rings is 1. The third-order valence-electron chi connectivity index (χ3n) is 3.60. The lowest BCUT2D eigenvalue weighted by atomic mass is 9.82. The molecule has 0 atom stereocenters. The summed E-state index contributed by atoms with van der Waals surface area (Å²) < 4.78 is 43.7. The van der Waals surface area contributed by atoms with Crippen LogP contribution in [0.1, 0.15) is 45.1 Å². The molecule has 0 fully saturated rings. The van der Waals surface area contributed by atoms with E-state index in [2.05, 4.69) is 26.5 Å². The van der Waals surface area contributed by atoms with Gasteiger partial charge in [-0.2, -0.15) is 25.8 Å². The van der Waals surface area contributed by atoms with Crippen LogP contribution in [0.25, 0.3) is 0 Å². The molecule has 0 radical (unpaired) electrons. The minimum absolute atomic E-state index is 0.0686. The molecule has 1 nitrogen and oxygen atoms in total. The molecule has 0 saturated heterocycles. The van der Waals surface area contributed by atoms with Crippen LogP contribution in [0.15, 0.2) is 24.3 Å². The van der Waals surface area contributed by atoms with Gasteiger partial charge in [-0.15, -0.1) is 0 Å². The normalized spacial score (nSPS) is 12.5. The van der Waals surface area contributed by atoms with E-state index >= 15 is 0 Å². The van der Waals surface area contributed by atoms with Crippen LogP contribution in [-0.4, -0.2) is 12.4 Å². The van der Waals surface area contributed by atoms with Crippen molar-refractivity contribution in [3.8, 4) is 5.75 Å². The van der Waals surface area contributed by atoms with Gasteiger partial charge in [0.25, 0.3) is 0 Å². The lowest BCUT2D eigenvalue weighted by Gasteiger charge is -2.31. The Hall–Kier alpha value is -0.840. The maximum Gasteiger partial charge on any atom is 0.416 e. The van der Waals surface area contributed by atoms with Gasteiger partial charge in [0.05, 0.1) is 12.2 Å². The predicted molar refractivity (Wildman–Crippen MR) is 83.0 cm³/mol. The van der Waals surface area contributed by atoms with Crippen LogP contribution in [0, 0.1) is 5.41 Å². The minimum atomic E-state index is -4.34. The highest BCUT2D eigenvalue weighted by Gasteiger charge is 2.31. The number of rotatable bonds is 8. The molecule has 120 valence electrons. The first kappa shape index (κ1) is 18.2. The molecule has 0 saturated carbocycles. The van der Waals surface area contributed by atoms with E-state index in [4.69, 9.17) is 4.74 Å². The van der Waals surface area contributed by atoms with E-state index in [1.807, 2.05) is 0 Å². The van der Waals surface area contributed by atoms with Gasteiger partial charge in [0.15, 0.2) is 0 Å². The average Bonchev–Trinajstić information content (AvgIpc) is 2.45. The van der Waals surface area contributed by atoms with Crippen molar-refractivity contribution >= 4 is 12.6 Å². The number of hydrogen-bond donors (Lipinski definition) is 1. The molecule has 5 heteroatoms. The van der Waals surface area contributed by atoms with Crippen molar-refractivity contribution in [3.63, 3.8) is 0 Å². The van der Waals surface area contributed by atoms with Gasteiger partial charge in [-0.25, -0.2) is 0 Å². The summed E-state index contributed by atoms with van der Waals surface area (Å²) in [5, 5.41) is 0. The zero-order valence-corrected chi connectivity index (χ0v) is 13.4. The highest BCUT2D eigenvalue weighted by molar-refractivity contribution is 7.80. The fraction of sp³-hybridized carbons (Fsp3) is 0.625. The SMILES string of the molecule is CCCC(CS)(CCC)COc1cccc(C(F)(F)F)c1. The van der Waals surface area contributed by atoms with Crippen LogP contribution in [0.5, 0.6) is 5.75 Å². The molecule has 0 bridgehead atoms. The van der Waals surface area contributed by atoms with Crippen molar-refractivity contribution in [2.45, 2.75) is 45.7 Å². The molecule has 0 aliphatic heterocycles. The van der Waals surface area contributed by atoms with Gasteiger partial charge in [-0.05, 0) is 36.8 Å². The van der Waals surface area contributed by atoms with Crippen LogP contribution in [0.3, 0.4) is 0 Å². The van der Waals surface area contributed by atoms with Crippen molar-refractivity contribution in [1.82, 2.24) is 0 Å². The smallest absolute Gasteiger partial charge is 0.416 e. The van der Waals surface area contributed by atoms with E-state index in [0.717, 1.165) is 37.8 Å². The number of hydrogen-bond acceptors (Lipinski definition) is 2. The Morgan fingerprint density at radius 1 is 1.10 bits per heavy atom. The van der Waals surface area contributed by atoms with Gasteiger partial charge in [0.1, 0.15) is 5.75 Å². The van der Waals surface area contributed by atoms with Gasteiger partial charge < -0.3 is 4.74 Å². The summed E-state index contributed by atoms with van der Waals surface area (Å²) in [5.41, 5.74) is -0.747. The molecule has 0 aliphatic carbocycles. The Labute approximate surface area is 130 Å². The number of thiol groups is 1. The number of ether oxygens (including phenoxy) is 1. The molecule has 0 N–H and O–H groups in total. The van der Waals surface area contributed by atoms with E-state index in [0.29, 0.717) is 12.4 Å². The third-order valence-corrected chi connectivity index (χ3v) is 4.27. The van der Waals surface area contributed by atoms with Gasteiger partial charge in [-0.1, -0.05) is 32.8 Å². The summed E-state index contributed by atoms with van der Waals surface area (Å²) in [6.45, 7) is 4.59. The first-order valence-corrected chi connectivity index (χ1v) is 7.91. The maximum atomic E-state index is 12.7. The largest absolute Gasteiger partial charge is 0.493 e. The van der Waals surface area contributed by atoms with Crippen molar-refractivity contribution < 1.29 is 17.9 Å². The standard InChI is InChI=1S/C16H23F3OS/c1-3-8-15(12-21,9-4-2)11-20-14-7-5-6-13(10-14)16(17,18)19/h5-7,10,21H,3-4,8-9,11-12H2,1-2H3. The molecule has 1 aromatic carbocycles. The van der Waals surface area contributed by atoms with Gasteiger partial charge >= 0.3 is 6.18 Å². The molecule has 0 aliphatic rings. The zero-order valence-electron chi connectivity index (χ0n) is 12.5. The summed E-state index contributed by atoms with van der Waals surface area (Å²) in [4.78, 5) is 0. The lowest BCUT2D eigenvalue weighted by Crippen LogP contribution is -2.30. The van der Waals surface area contributed by atoms with Crippen molar-refractivity contribution in [3.05, 3.63) is 29.8 Å². The fourth-order valence-corrected chi connectivity index (χ4v) is 2.94. The average molecular weight is 320 g/mol. The zero-order chi connectivity index (χ0) is 15.9. The molecule has 0 aromatic heterocycles. The summed E-state index contributed by atoms with van der Waals surface area (Å²) in [7, 11) is 0. The second-order valence-corrected chi connectivity index (χ2v) is 5.79. The summed E-state index contributed by atoms with van der Waals surface area (Å²) in [5.74, 6) is 0.941. The van der Waals surface area contributed by atoms with E-state index in [9.17, 15) is 13.2 Å². The monoisotopic (exact) mass is 320 g/mol. The van der Waals surface area contributed by atoms with Crippen LogP contribution in [-0.2, 0) is 6.18 Å². The molecule has 0 unspecified atom stereocenters. The molecule has 1 rings (SSSR count). The first-order valence-electron chi connectivity index (χ1n) is 7.28. The maximum absolute atomic E-state index is 12.7.